The molecule has 0 bridgehead atoms. The monoisotopic (exact) mass is 350 g/mol. The molecule has 128 valence electrons. The van der Waals surface area contributed by atoms with Crippen molar-refractivity contribution in [1.29, 1.82) is 0 Å². The number of allylic oxidation sites excluding steroid dienone is 3. The van der Waals surface area contributed by atoms with E-state index in [9.17, 15) is 35.9 Å². The average molecular weight is 350 g/mol. The summed E-state index contributed by atoms with van der Waals surface area (Å²) in [5.74, 6) is -5.85. The Morgan fingerprint density at radius 1 is 0.917 bits per heavy atom. The number of ketones is 2. The SMILES string of the molecule is O=C1C=C(O/C=C\C(C(F)(F)F)C(F)(F)F)C(=O)c2ccccc21. The van der Waals surface area contributed by atoms with Crippen molar-refractivity contribution in [3.05, 3.63) is 59.6 Å². The van der Waals surface area contributed by atoms with E-state index < -0.39 is 35.6 Å². The summed E-state index contributed by atoms with van der Waals surface area (Å²) in [5.41, 5.74) is 0.0267. The third-order valence-corrected chi connectivity index (χ3v) is 3.09. The zero-order chi connectivity index (χ0) is 18.1. The maximum Gasteiger partial charge on any atom is 0.403 e. The molecule has 24 heavy (non-hydrogen) atoms. The van der Waals surface area contributed by atoms with Crippen LogP contribution in [-0.4, -0.2) is 23.9 Å². The average Bonchev–Trinajstić information content (AvgIpc) is 2.46. The van der Waals surface area contributed by atoms with Crippen LogP contribution < -0.4 is 0 Å². The smallest absolute Gasteiger partial charge is 0.403 e. The number of halogens is 6. The van der Waals surface area contributed by atoms with Crippen molar-refractivity contribution in [2.75, 3.05) is 0 Å². The Morgan fingerprint density at radius 3 is 2.00 bits per heavy atom. The molecule has 0 unspecified atom stereocenters. The number of hydrogen-bond donors (Lipinski definition) is 0. The van der Waals surface area contributed by atoms with Gasteiger partial charge < -0.3 is 4.74 Å². The number of carbonyl (C=O) groups excluding carboxylic acids is 2. The summed E-state index contributed by atoms with van der Waals surface area (Å²) in [6.45, 7) is 0. The van der Waals surface area contributed by atoms with Crippen molar-refractivity contribution in [3.8, 4) is 0 Å². The molecule has 0 heterocycles. The van der Waals surface area contributed by atoms with E-state index in [-0.39, 0.29) is 23.5 Å². The first-order chi connectivity index (χ1) is 11.0. The van der Waals surface area contributed by atoms with Gasteiger partial charge in [0.2, 0.25) is 5.78 Å². The molecule has 3 nitrogen and oxygen atoms in total. The molecule has 0 aliphatic heterocycles. The van der Waals surface area contributed by atoms with Crippen molar-refractivity contribution in [2.45, 2.75) is 12.4 Å². The molecule has 0 radical (unpaired) electrons. The third kappa shape index (κ3) is 3.66. The Balaban J connectivity index is 2.21. The second-order valence-electron chi connectivity index (χ2n) is 4.75. The Morgan fingerprint density at radius 2 is 1.46 bits per heavy atom. The van der Waals surface area contributed by atoms with Crippen LogP contribution in [0.25, 0.3) is 0 Å². The van der Waals surface area contributed by atoms with Gasteiger partial charge in [0.1, 0.15) is 0 Å². The highest BCUT2D eigenvalue weighted by atomic mass is 19.4. The second-order valence-corrected chi connectivity index (χ2v) is 4.75. The fourth-order valence-electron chi connectivity index (χ4n) is 1.97. The van der Waals surface area contributed by atoms with E-state index in [2.05, 4.69) is 4.74 Å². The van der Waals surface area contributed by atoms with E-state index in [4.69, 9.17) is 0 Å². The number of fused-ring (bicyclic) bond motifs is 1. The van der Waals surface area contributed by atoms with Crippen molar-refractivity contribution < 1.29 is 40.7 Å². The molecule has 1 aromatic rings. The number of alkyl halides is 6. The fraction of sp³-hybridized carbons (Fsp3) is 0.200. The van der Waals surface area contributed by atoms with Crippen molar-refractivity contribution in [1.82, 2.24) is 0 Å². The first kappa shape index (κ1) is 17.8. The summed E-state index contributed by atoms with van der Waals surface area (Å²) in [6, 6.07) is 5.61. The normalized spacial score (nSPS) is 15.7. The third-order valence-electron chi connectivity index (χ3n) is 3.09. The molecular formula is C15H8F6O3. The zero-order valence-electron chi connectivity index (χ0n) is 11.6. The van der Waals surface area contributed by atoms with E-state index in [1.165, 1.54) is 24.3 Å². The Hall–Kier alpha value is -2.58. The molecule has 0 N–H and O–H groups in total. The molecule has 1 aromatic carbocycles. The van der Waals surface area contributed by atoms with Crippen molar-refractivity contribution >= 4 is 11.6 Å². The van der Waals surface area contributed by atoms with Crippen LogP contribution in [0.5, 0.6) is 0 Å². The van der Waals surface area contributed by atoms with E-state index in [1.807, 2.05) is 0 Å². The Labute approximate surface area is 131 Å². The number of carbonyl (C=O) groups is 2. The first-order valence-electron chi connectivity index (χ1n) is 6.38. The van der Waals surface area contributed by atoms with Gasteiger partial charge in [-0.2, -0.15) is 26.3 Å². The molecule has 0 aromatic heterocycles. The summed E-state index contributed by atoms with van der Waals surface area (Å²) in [7, 11) is 0. The second kappa shape index (κ2) is 6.14. The van der Waals surface area contributed by atoms with Crippen molar-refractivity contribution in [3.63, 3.8) is 0 Å². The van der Waals surface area contributed by atoms with Gasteiger partial charge in [0, 0.05) is 17.2 Å². The Kier molecular flexibility index (Phi) is 4.54. The predicted octanol–water partition coefficient (Wildman–Crippen LogP) is 4.22. The molecule has 0 amide bonds. The number of hydrogen-bond acceptors (Lipinski definition) is 3. The van der Waals surface area contributed by atoms with Crippen LogP contribution in [0.1, 0.15) is 20.7 Å². The van der Waals surface area contributed by atoms with Gasteiger partial charge in [-0.05, 0) is 6.08 Å². The van der Waals surface area contributed by atoms with Gasteiger partial charge in [0.25, 0.3) is 0 Å². The standard InChI is InChI=1S/C15H8F6O3/c16-14(17,18)12(15(19,20)21)5-6-24-11-7-10(22)8-3-1-2-4-9(8)13(11)23/h1-7,12H/b6-5-. The highest BCUT2D eigenvalue weighted by Crippen LogP contribution is 2.40. The quantitative estimate of drug-likeness (QED) is 0.606. The van der Waals surface area contributed by atoms with E-state index in [0.717, 1.165) is 0 Å². The van der Waals surface area contributed by atoms with Gasteiger partial charge >= 0.3 is 12.4 Å². The molecular weight excluding hydrogens is 342 g/mol. The van der Waals surface area contributed by atoms with Gasteiger partial charge in [-0.1, -0.05) is 24.3 Å². The minimum absolute atomic E-state index is 0.0448. The van der Waals surface area contributed by atoms with E-state index >= 15 is 0 Å². The molecule has 1 aliphatic rings. The van der Waals surface area contributed by atoms with Gasteiger partial charge in [0.15, 0.2) is 17.5 Å². The topological polar surface area (TPSA) is 43.4 Å². The van der Waals surface area contributed by atoms with Crippen LogP contribution >= 0.6 is 0 Å². The zero-order valence-corrected chi connectivity index (χ0v) is 11.6. The molecule has 2 rings (SSSR count). The predicted molar refractivity (Wildman–Crippen MR) is 69.0 cm³/mol. The highest BCUT2D eigenvalue weighted by molar-refractivity contribution is 6.23. The molecule has 1 aliphatic carbocycles. The number of ether oxygens (including phenoxy) is 1. The number of rotatable bonds is 3. The number of Topliss-reactive ketones (excluding diaryl/α,β-unsaturated/α-hetero) is 1. The van der Waals surface area contributed by atoms with Crippen LogP contribution in [-0.2, 0) is 4.74 Å². The summed E-state index contributed by atoms with van der Waals surface area (Å²) >= 11 is 0. The van der Waals surface area contributed by atoms with Crippen molar-refractivity contribution in [2.24, 2.45) is 5.92 Å². The summed E-state index contributed by atoms with van der Waals surface area (Å²) in [4.78, 5) is 23.8. The summed E-state index contributed by atoms with van der Waals surface area (Å²) in [5, 5.41) is 0. The van der Waals surface area contributed by atoms with E-state index in [1.54, 1.807) is 0 Å². The van der Waals surface area contributed by atoms with E-state index in [0.29, 0.717) is 6.08 Å². The van der Waals surface area contributed by atoms with Crippen LogP contribution in [0.15, 0.2) is 48.4 Å². The molecule has 0 spiro atoms. The van der Waals surface area contributed by atoms with Crippen LogP contribution in [0.3, 0.4) is 0 Å². The fourth-order valence-corrected chi connectivity index (χ4v) is 1.97. The highest BCUT2D eigenvalue weighted by Gasteiger charge is 2.55. The minimum Gasteiger partial charge on any atom is -0.461 e. The molecule has 9 heteroatoms. The van der Waals surface area contributed by atoms with Crippen LogP contribution in [0, 0.1) is 5.92 Å². The Bertz CT molecular complexity index is 713. The van der Waals surface area contributed by atoms with Gasteiger partial charge in [-0.3, -0.25) is 9.59 Å². The maximum atomic E-state index is 12.4. The van der Waals surface area contributed by atoms with Gasteiger partial charge in [-0.15, -0.1) is 0 Å². The summed E-state index contributed by atoms with van der Waals surface area (Å²) in [6.07, 6.45) is -10.6. The lowest BCUT2D eigenvalue weighted by Gasteiger charge is -2.19. The maximum absolute atomic E-state index is 12.4. The molecule has 0 saturated carbocycles. The molecule has 0 atom stereocenters. The van der Waals surface area contributed by atoms with Crippen LogP contribution in [0.2, 0.25) is 0 Å². The lowest BCUT2D eigenvalue weighted by Crippen LogP contribution is -2.34. The summed E-state index contributed by atoms with van der Waals surface area (Å²) < 4.78 is 78.7. The molecule has 0 saturated heterocycles. The minimum atomic E-state index is -5.56. The first-order valence-corrected chi connectivity index (χ1v) is 6.38. The lowest BCUT2D eigenvalue weighted by atomic mass is 9.94. The largest absolute Gasteiger partial charge is 0.461 e. The molecule has 0 fully saturated rings. The van der Waals surface area contributed by atoms with Gasteiger partial charge in [0.05, 0.1) is 6.26 Å². The number of benzene rings is 1. The lowest BCUT2D eigenvalue weighted by molar-refractivity contribution is -0.268. The van der Waals surface area contributed by atoms with Gasteiger partial charge in [-0.25, -0.2) is 0 Å². The van der Waals surface area contributed by atoms with Crippen LogP contribution in [0.4, 0.5) is 26.3 Å².